The van der Waals surface area contributed by atoms with Crippen LogP contribution in [0.3, 0.4) is 0 Å². The zero-order valence-corrected chi connectivity index (χ0v) is 16.1. The van der Waals surface area contributed by atoms with Crippen molar-refractivity contribution in [3.05, 3.63) is 18.0 Å². The Morgan fingerprint density at radius 3 is 2.64 bits per heavy atom. The van der Waals surface area contributed by atoms with Crippen LogP contribution in [0.1, 0.15) is 65.6 Å². The van der Waals surface area contributed by atoms with Gasteiger partial charge in [0, 0.05) is 38.0 Å². The predicted molar refractivity (Wildman–Crippen MR) is 96.5 cm³/mol. The van der Waals surface area contributed by atoms with Crippen LogP contribution in [0.2, 0.25) is 0 Å². The van der Waals surface area contributed by atoms with Gasteiger partial charge in [-0.2, -0.15) is 5.10 Å². The SMILES string of the molecule is CCC(CC)n1ccc(CC2CN(C(=O)OC(C)(C)C)CCC2=O)n1. The molecule has 1 aliphatic heterocycles. The second-order valence-corrected chi connectivity index (χ2v) is 7.80. The van der Waals surface area contributed by atoms with E-state index in [9.17, 15) is 9.59 Å². The topological polar surface area (TPSA) is 64.4 Å². The molecule has 6 heteroatoms. The van der Waals surface area contributed by atoms with E-state index in [4.69, 9.17) is 4.74 Å². The Morgan fingerprint density at radius 1 is 1.36 bits per heavy atom. The number of ether oxygens (including phenoxy) is 1. The van der Waals surface area contributed by atoms with Gasteiger partial charge in [0.05, 0.1) is 11.7 Å². The molecular weight excluding hydrogens is 318 g/mol. The maximum absolute atomic E-state index is 12.3. The highest BCUT2D eigenvalue weighted by Crippen LogP contribution is 2.21. The third-order valence-corrected chi connectivity index (χ3v) is 4.61. The van der Waals surface area contributed by atoms with Crippen molar-refractivity contribution in [2.24, 2.45) is 5.92 Å². The van der Waals surface area contributed by atoms with Gasteiger partial charge in [-0.15, -0.1) is 0 Å². The van der Waals surface area contributed by atoms with Gasteiger partial charge in [-0.05, 0) is 39.7 Å². The molecule has 1 saturated heterocycles. The van der Waals surface area contributed by atoms with Gasteiger partial charge < -0.3 is 9.64 Å². The molecule has 1 unspecified atom stereocenters. The summed E-state index contributed by atoms with van der Waals surface area (Å²) in [6, 6.07) is 2.38. The summed E-state index contributed by atoms with van der Waals surface area (Å²) in [4.78, 5) is 26.2. The van der Waals surface area contributed by atoms with Crippen LogP contribution in [0.5, 0.6) is 0 Å². The Kier molecular flexibility index (Phi) is 6.25. The van der Waals surface area contributed by atoms with Crippen molar-refractivity contribution in [3.8, 4) is 0 Å². The van der Waals surface area contributed by atoms with Gasteiger partial charge >= 0.3 is 6.09 Å². The molecule has 0 aromatic carbocycles. The third kappa shape index (κ3) is 5.31. The van der Waals surface area contributed by atoms with Crippen molar-refractivity contribution in [2.75, 3.05) is 13.1 Å². The Balaban J connectivity index is 2.01. The molecule has 1 amide bonds. The first-order valence-corrected chi connectivity index (χ1v) is 9.28. The van der Waals surface area contributed by atoms with E-state index in [1.165, 1.54) is 0 Å². The minimum atomic E-state index is -0.526. The molecular formula is C19H31N3O3. The molecule has 2 rings (SSSR count). The first kappa shape index (κ1) is 19.5. The third-order valence-electron chi connectivity index (χ3n) is 4.61. The quantitative estimate of drug-likeness (QED) is 0.814. The molecule has 0 bridgehead atoms. The summed E-state index contributed by atoms with van der Waals surface area (Å²) in [6.45, 7) is 10.7. The first-order chi connectivity index (χ1) is 11.7. The van der Waals surface area contributed by atoms with Crippen molar-refractivity contribution in [1.82, 2.24) is 14.7 Å². The Hall–Kier alpha value is -1.85. The number of amides is 1. The zero-order chi connectivity index (χ0) is 18.6. The molecule has 1 aromatic rings. The molecule has 140 valence electrons. The molecule has 1 fully saturated rings. The van der Waals surface area contributed by atoms with E-state index < -0.39 is 5.60 Å². The number of ketones is 1. The maximum atomic E-state index is 12.3. The lowest BCUT2D eigenvalue weighted by atomic mass is 9.92. The molecule has 0 aliphatic carbocycles. The number of carbonyl (C=O) groups excluding carboxylic acids is 2. The van der Waals surface area contributed by atoms with Crippen molar-refractivity contribution in [2.45, 2.75) is 71.9 Å². The number of rotatable bonds is 5. The number of nitrogens with zero attached hydrogens (tertiary/aromatic N) is 3. The van der Waals surface area contributed by atoms with Gasteiger partial charge in [0.2, 0.25) is 0 Å². The first-order valence-electron chi connectivity index (χ1n) is 9.28. The molecule has 1 atom stereocenters. The van der Waals surface area contributed by atoms with Gasteiger partial charge in [0.15, 0.2) is 0 Å². The van der Waals surface area contributed by atoms with Crippen LogP contribution in [0, 0.1) is 5.92 Å². The van der Waals surface area contributed by atoms with Crippen LogP contribution in [0.4, 0.5) is 4.79 Å². The second kappa shape index (κ2) is 8.02. The highest BCUT2D eigenvalue weighted by atomic mass is 16.6. The monoisotopic (exact) mass is 349 g/mol. The minimum Gasteiger partial charge on any atom is -0.444 e. The van der Waals surface area contributed by atoms with Crippen LogP contribution < -0.4 is 0 Å². The zero-order valence-electron chi connectivity index (χ0n) is 16.1. The normalized spacial score (nSPS) is 18.7. The van der Waals surface area contributed by atoms with E-state index in [2.05, 4.69) is 18.9 Å². The molecule has 1 aromatic heterocycles. The second-order valence-electron chi connectivity index (χ2n) is 7.80. The summed E-state index contributed by atoms with van der Waals surface area (Å²) in [7, 11) is 0. The Morgan fingerprint density at radius 2 is 2.04 bits per heavy atom. The summed E-state index contributed by atoms with van der Waals surface area (Å²) in [5, 5.41) is 4.64. The van der Waals surface area contributed by atoms with Crippen molar-refractivity contribution >= 4 is 11.9 Å². The fourth-order valence-corrected chi connectivity index (χ4v) is 3.18. The van der Waals surface area contributed by atoms with Gasteiger partial charge in [-0.3, -0.25) is 9.48 Å². The van der Waals surface area contributed by atoms with E-state index >= 15 is 0 Å². The molecule has 2 heterocycles. The average molecular weight is 349 g/mol. The van der Waals surface area contributed by atoms with E-state index in [1.54, 1.807) is 4.90 Å². The van der Waals surface area contributed by atoms with Crippen LogP contribution in [0.25, 0.3) is 0 Å². The van der Waals surface area contributed by atoms with Crippen LogP contribution in [0.15, 0.2) is 12.3 Å². The standard InChI is InChI=1S/C19H31N3O3/c1-6-16(7-2)22-11-8-15(20-22)12-14-13-21(10-9-17(14)23)18(24)25-19(3,4)5/h8,11,14,16H,6-7,9-10,12-13H2,1-5H3. The lowest BCUT2D eigenvalue weighted by molar-refractivity contribution is -0.125. The number of aromatic nitrogens is 2. The number of likely N-dealkylation sites (tertiary alicyclic amines) is 1. The van der Waals surface area contributed by atoms with Crippen molar-refractivity contribution in [1.29, 1.82) is 0 Å². The van der Waals surface area contributed by atoms with Gasteiger partial charge in [0.25, 0.3) is 0 Å². The van der Waals surface area contributed by atoms with Gasteiger partial charge in [-0.1, -0.05) is 13.8 Å². The Bertz CT molecular complexity index is 599. The fourth-order valence-electron chi connectivity index (χ4n) is 3.18. The highest BCUT2D eigenvalue weighted by Gasteiger charge is 2.32. The molecule has 25 heavy (non-hydrogen) atoms. The molecule has 0 radical (unpaired) electrons. The number of carbonyl (C=O) groups is 2. The smallest absolute Gasteiger partial charge is 0.410 e. The number of hydrogen-bond donors (Lipinski definition) is 0. The Labute approximate surface area is 150 Å². The van der Waals surface area contributed by atoms with E-state index in [-0.39, 0.29) is 17.8 Å². The fraction of sp³-hybridized carbons (Fsp3) is 0.737. The van der Waals surface area contributed by atoms with E-state index in [0.29, 0.717) is 32.0 Å². The minimum absolute atomic E-state index is 0.202. The summed E-state index contributed by atoms with van der Waals surface area (Å²) in [5.41, 5.74) is 0.388. The maximum Gasteiger partial charge on any atom is 0.410 e. The van der Waals surface area contributed by atoms with E-state index in [0.717, 1.165) is 18.5 Å². The predicted octanol–water partition coefficient (Wildman–Crippen LogP) is 3.61. The van der Waals surface area contributed by atoms with Crippen LogP contribution in [-0.2, 0) is 16.0 Å². The van der Waals surface area contributed by atoms with Crippen molar-refractivity contribution in [3.63, 3.8) is 0 Å². The molecule has 0 N–H and O–H groups in total. The summed E-state index contributed by atoms with van der Waals surface area (Å²) < 4.78 is 7.43. The number of Topliss-reactive ketones (excluding diaryl/α,β-unsaturated/α-hetero) is 1. The lowest BCUT2D eigenvalue weighted by Gasteiger charge is -2.33. The molecule has 6 nitrogen and oxygen atoms in total. The number of hydrogen-bond acceptors (Lipinski definition) is 4. The van der Waals surface area contributed by atoms with E-state index in [1.807, 2.05) is 37.7 Å². The van der Waals surface area contributed by atoms with Crippen LogP contribution >= 0.6 is 0 Å². The lowest BCUT2D eigenvalue weighted by Crippen LogP contribution is -2.46. The summed E-state index contributed by atoms with van der Waals surface area (Å²) >= 11 is 0. The molecule has 1 aliphatic rings. The summed E-state index contributed by atoms with van der Waals surface area (Å²) in [6.07, 6.45) is 4.68. The highest BCUT2D eigenvalue weighted by molar-refractivity contribution is 5.84. The molecule has 0 spiro atoms. The van der Waals surface area contributed by atoms with Crippen molar-refractivity contribution < 1.29 is 14.3 Å². The van der Waals surface area contributed by atoms with Gasteiger partial charge in [0.1, 0.15) is 11.4 Å². The van der Waals surface area contributed by atoms with Gasteiger partial charge in [-0.25, -0.2) is 4.79 Å². The number of piperidine rings is 1. The summed E-state index contributed by atoms with van der Waals surface area (Å²) in [5.74, 6) is 0.00298. The largest absolute Gasteiger partial charge is 0.444 e. The average Bonchev–Trinajstić information content (AvgIpc) is 2.97. The van der Waals surface area contributed by atoms with Crippen LogP contribution in [-0.4, -0.2) is 45.2 Å². The molecule has 0 saturated carbocycles.